The van der Waals surface area contributed by atoms with Gasteiger partial charge in [-0.25, -0.2) is 0 Å². The summed E-state index contributed by atoms with van der Waals surface area (Å²) in [6.07, 6.45) is 6.40. The summed E-state index contributed by atoms with van der Waals surface area (Å²) in [5.74, 6) is 0.974. The van der Waals surface area contributed by atoms with Gasteiger partial charge in [-0.1, -0.05) is 6.07 Å². The normalized spacial score (nSPS) is 14.4. The molecule has 19 heavy (non-hydrogen) atoms. The average molecular weight is 262 g/mol. The summed E-state index contributed by atoms with van der Waals surface area (Å²) in [6.45, 7) is 1.99. The molecule has 1 aliphatic rings. The monoisotopic (exact) mass is 262 g/mol. The Morgan fingerprint density at radius 1 is 1.21 bits per heavy atom. The van der Waals surface area contributed by atoms with E-state index in [4.69, 9.17) is 4.74 Å². The fourth-order valence-electron chi connectivity index (χ4n) is 2.04. The molecule has 2 rings (SSSR count). The fourth-order valence-corrected chi connectivity index (χ4v) is 2.04. The smallest absolute Gasteiger partial charge is 0.121 e. The predicted molar refractivity (Wildman–Crippen MR) is 81.1 cm³/mol. The van der Waals surface area contributed by atoms with E-state index in [0.717, 1.165) is 24.8 Å². The summed E-state index contributed by atoms with van der Waals surface area (Å²) in [6, 6.07) is 9.10. The van der Waals surface area contributed by atoms with Crippen LogP contribution in [0.5, 0.6) is 5.75 Å². The van der Waals surface area contributed by atoms with Crippen LogP contribution in [0.4, 0.5) is 5.69 Å². The first-order chi connectivity index (χ1) is 9.25. The second-order valence-corrected chi connectivity index (χ2v) is 5.53. The van der Waals surface area contributed by atoms with Gasteiger partial charge >= 0.3 is 0 Å². The molecule has 0 aliphatic heterocycles. The van der Waals surface area contributed by atoms with Gasteiger partial charge in [0.15, 0.2) is 0 Å². The Hall–Kier alpha value is -1.22. The molecule has 1 aromatic rings. The third kappa shape index (κ3) is 5.52. The molecular formula is C16H26N2O. The maximum Gasteiger partial charge on any atom is 0.121 e. The van der Waals surface area contributed by atoms with Crippen LogP contribution in [0, 0.1) is 0 Å². The minimum atomic E-state index is 0.820. The Morgan fingerprint density at radius 2 is 2.05 bits per heavy atom. The lowest BCUT2D eigenvalue weighted by atomic mass is 10.2. The second-order valence-electron chi connectivity index (χ2n) is 5.53. The largest absolute Gasteiger partial charge is 0.494 e. The maximum atomic E-state index is 5.79. The zero-order chi connectivity index (χ0) is 13.5. The molecule has 1 aromatic carbocycles. The predicted octanol–water partition coefficient (Wildman–Crippen LogP) is 3.05. The summed E-state index contributed by atoms with van der Waals surface area (Å²) in [4.78, 5) is 2.09. The molecule has 106 valence electrons. The van der Waals surface area contributed by atoms with Gasteiger partial charge in [-0.05, 0) is 50.8 Å². The quantitative estimate of drug-likeness (QED) is 0.692. The molecule has 0 radical (unpaired) electrons. The number of unbranched alkanes of at least 4 members (excludes halogenated alkanes) is 2. The first-order valence-electron chi connectivity index (χ1n) is 7.39. The summed E-state index contributed by atoms with van der Waals surface area (Å²) in [5, 5.41) is 3.54. The molecule has 1 N–H and O–H groups in total. The van der Waals surface area contributed by atoms with Crippen LogP contribution in [0.3, 0.4) is 0 Å². The van der Waals surface area contributed by atoms with Crippen molar-refractivity contribution < 1.29 is 4.74 Å². The molecule has 0 amide bonds. The summed E-state index contributed by atoms with van der Waals surface area (Å²) < 4.78 is 5.79. The molecule has 0 unspecified atom stereocenters. The third-order valence-electron chi connectivity index (χ3n) is 3.43. The molecule has 0 heterocycles. The first-order valence-corrected chi connectivity index (χ1v) is 7.39. The number of rotatable bonds is 9. The lowest BCUT2D eigenvalue weighted by molar-refractivity contribution is 0.305. The van der Waals surface area contributed by atoms with Crippen LogP contribution < -0.4 is 15.0 Å². The Bertz CT molecular complexity index is 375. The van der Waals surface area contributed by atoms with Crippen LogP contribution in [0.1, 0.15) is 32.1 Å². The zero-order valence-electron chi connectivity index (χ0n) is 12.2. The molecule has 0 bridgehead atoms. The number of benzene rings is 1. The molecule has 0 atom stereocenters. The van der Waals surface area contributed by atoms with Gasteiger partial charge in [-0.3, -0.25) is 0 Å². The van der Waals surface area contributed by atoms with Crippen molar-refractivity contribution in [1.29, 1.82) is 0 Å². The average Bonchev–Trinajstić information content (AvgIpc) is 3.22. The Labute approximate surface area is 116 Å². The molecular weight excluding hydrogens is 236 g/mol. The summed E-state index contributed by atoms with van der Waals surface area (Å²) in [7, 11) is 4.10. The standard InChI is InChI=1S/C16H26N2O/c1-18(2)15-7-6-8-16(13-15)19-12-5-3-4-11-17-14-9-10-14/h6-8,13-14,17H,3-5,9-12H2,1-2H3. The van der Waals surface area contributed by atoms with E-state index >= 15 is 0 Å². The van der Waals surface area contributed by atoms with Gasteiger partial charge in [0, 0.05) is 31.9 Å². The van der Waals surface area contributed by atoms with Crippen molar-refractivity contribution in [2.75, 3.05) is 32.1 Å². The molecule has 0 spiro atoms. The highest BCUT2D eigenvalue weighted by molar-refractivity contribution is 5.49. The molecule has 0 aromatic heterocycles. The number of hydrogen-bond donors (Lipinski definition) is 1. The van der Waals surface area contributed by atoms with Crippen LogP contribution in [0.2, 0.25) is 0 Å². The van der Waals surface area contributed by atoms with Crippen LogP contribution in [-0.2, 0) is 0 Å². The third-order valence-corrected chi connectivity index (χ3v) is 3.43. The van der Waals surface area contributed by atoms with E-state index in [1.807, 2.05) is 26.2 Å². The van der Waals surface area contributed by atoms with Gasteiger partial charge in [-0.15, -0.1) is 0 Å². The lowest BCUT2D eigenvalue weighted by Crippen LogP contribution is -2.17. The molecule has 1 aliphatic carbocycles. The lowest BCUT2D eigenvalue weighted by Gasteiger charge is -2.14. The SMILES string of the molecule is CN(C)c1cccc(OCCCCCNC2CC2)c1. The zero-order valence-corrected chi connectivity index (χ0v) is 12.2. The van der Waals surface area contributed by atoms with Gasteiger partial charge in [0.2, 0.25) is 0 Å². The van der Waals surface area contributed by atoms with Crippen molar-refractivity contribution in [2.45, 2.75) is 38.1 Å². The number of anilines is 1. The van der Waals surface area contributed by atoms with E-state index in [2.05, 4.69) is 22.3 Å². The minimum absolute atomic E-state index is 0.820. The summed E-state index contributed by atoms with van der Waals surface area (Å²) >= 11 is 0. The van der Waals surface area contributed by atoms with E-state index in [0.29, 0.717) is 0 Å². The van der Waals surface area contributed by atoms with Gasteiger partial charge in [0.05, 0.1) is 6.61 Å². The number of ether oxygens (including phenoxy) is 1. The van der Waals surface area contributed by atoms with E-state index in [9.17, 15) is 0 Å². The van der Waals surface area contributed by atoms with Crippen molar-refractivity contribution in [2.24, 2.45) is 0 Å². The number of hydrogen-bond acceptors (Lipinski definition) is 3. The highest BCUT2D eigenvalue weighted by atomic mass is 16.5. The van der Waals surface area contributed by atoms with E-state index in [1.165, 1.54) is 37.9 Å². The van der Waals surface area contributed by atoms with E-state index in [1.54, 1.807) is 0 Å². The van der Waals surface area contributed by atoms with Crippen LogP contribution in [-0.4, -0.2) is 33.3 Å². The van der Waals surface area contributed by atoms with Crippen molar-refractivity contribution >= 4 is 5.69 Å². The van der Waals surface area contributed by atoms with Gasteiger partial charge < -0.3 is 15.0 Å². The molecule has 0 saturated heterocycles. The van der Waals surface area contributed by atoms with Crippen LogP contribution >= 0.6 is 0 Å². The van der Waals surface area contributed by atoms with Gasteiger partial charge in [-0.2, -0.15) is 0 Å². The number of nitrogens with one attached hydrogen (secondary N) is 1. The van der Waals surface area contributed by atoms with Gasteiger partial charge in [0.1, 0.15) is 5.75 Å². The van der Waals surface area contributed by atoms with Crippen molar-refractivity contribution in [3.05, 3.63) is 24.3 Å². The molecule has 3 nitrogen and oxygen atoms in total. The topological polar surface area (TPSA) is 24.5 Å². The Balaban J connectivity index is 1.55. The van der Waals surface area contributed by atoms with E-state index in [-0.39, 0.29) is 0 Å². The highest BCUT2D eigenvalue weighted by Crippen LogP contribution is 2.20. The Morgan fingerprint density at radius 3 is 2.79 bits per heavy atom. The van der Waals surface area contributed by atoms with E-state index < -0.39 is 0 Å². The van der Waals surface area contributed by atoms with Crippen LogP contribution in [0.25, 0.3) is 0 Å². The Kier molecular flexibility index (Phi) is 5.52. The fraction of sp³-hybridized carbons (Fsp3) is 0.625. The van der Waals surface area contributed by atoms with Crippen molar-refractivity contribution in [3.8, 4) is 5.75 Å². The first kappa shape index (κ1) is 14.2. The summed E-state index contributed by atoms with van der Waals surface area (Å²) in [5.41, 5.74) is 1.19. The number of nitrogens with zero attached hydrogens (tertiary/aromatic N) is 1. The highest BCUT2D eigenvalue weighted by Gasteiger charge is 2.19. The molecule has 3 heteroatoms. The molecule has 1 fully saturated rings. The molecule has 1 saturated carbocycles. The maximum absolute atomic E-state index is 5.79. The minimum Gasteiger partial charge on any atom is -0.494 e. The second kappa shape index (κ2) is 7.39. The van der Waals surface area contributed by atoms with Crippen molar-refractivity contribution in [1.82, 2.24) is 5.32 Å². The van der Waals surface area contributed by atoms with Gasteiger partial charge in [0.25, 0.3) is 0 Å². The van der Waals surface area contributed by atoms with Crippen LogP contribution in [0.15, 0.2) is 24.3 Å². The van der Waals surface area contributed by atoms with Crippen molar-refractivity contribution in [3.63, 3.8) is 0 Å².